The first kappa shape index (κ1) is 21.4. The molecule has 140 valence electrons. The van der Waals surface area contributed by atoms with E-state index in [1.165, 1.54) is 12.1 Å². The maximum atomic E-state index is 13.3. The predicted octanol–water partition coefficient (Wildman–Crippen LogP) is 1.88. The number of benzene rings is 1. The lowest BCUT2D eigenvalue weighted by Crippen LogP contribution is -2.48. The van der Waals surface area contributed by atoms with Gasteiger partial charge in [0.15, 0.2) is 0 Å². The van der Waals surface area contributed by atoms with Crippen molar-refractivity contribution in [1.82, 2.24) is 10.2 Å². The van der Waals surface area contributed by atoms with Crippen LogP contribution in [0.5, 0.6) is 0 Å². The third-order valence-corrected chi connectivity index (χ3v) is 4.49. The molecule has 1 fully saturated rings. The van der Waals surface area contributed by atoms with Gasteiger partial charge in [-0.1, -0.05) is 26.0 Å². The van der Waals surface area contributed by atoms with Crippen LogP contribution in [0.25, 0.3) is 0 Å². The molecule has 2 atom stereocenters. The summed E-state index contributed by atoms with van der Waals surface area (Å²) in [7, 11) is 0. The molecule has 2 rings (SSSR count). The first-order valence-corrected chi connectivity index (χ1v) is 8.45. The monoisotopic (exact) mass is 371 g/mol. The lowest BCUT2D eigenvalue weighted by atomic mass is 10.0. The van der Waals surface area contributed by atoms with Gasteiger partial charge >= 0.3 is 0 Å². The molecule has 1 heterocycles. The standard InChI is InChI=1S/C18H26FN3O2.ClH/c1-12(2)17(20)18(24)21-11-16(23)22-8-4-7-15(22)10-13-5-3-6-14(19)9-13;/h3,5-6,9,12,15,17H,4,7-8,10-11,20H2,1-2H3,(H,21,24);1H/t15?,17-;/m0./s1. The Balaban J connectivity index is 0.00000312. The highest BCUT2D eigenvalue weighted by molar-refractivity contribution is 5.87. The summed E-state index contributed by atoms with van der Waals surface area (Å²) < 4.78 is 13.3. The molecule has 1 aliphatic rings. The fraction of sp³-hybridized carbons (Fsp3) is 0.556. The van der Waals surface area contributed by atoms with Crippen LogP contribution >= 0.6 is 12.4 Å². The summed E-state index contributed by atoms with van der Waals surface area (Å²) in [6.45, 7) is 4.35. The van der Waals surface area contributed by atoms with Gasteiger partial charge in [-0.15, -0.1) is 12.4 Å². The highest BCUT2D eigenvalue weighted by Gasteiger charge is 2.29. The number of halogens is 2. The maximum absolute atomic E-state index is 13.3. The maximum Gasteiger partial charge on any atom is 0.242 e. The van der Waals surface area contributed by atoms with E-state index in [9.17, 15) is 14.0 Å². The number of hydrogen-bond acceptors (Lipinski definition) is 3. The van der Waals surface area contributed by atoms with Crippen molar-refractivity contribution in [3.63, 3.8) is 0 Å². The second-order valence-corrected chi connectivity index (χ2v) is 6.70. The van der Waals surface area contributed by atoms with Crippen molar-refractivity contribution in [2.24, 2.45) is 11.7 Å². The number of amides is 2. The molecule has 1 aromatic carbocycles. The molecule has 3 N–H and O–H groups in total. The molecular formula is C18H27ClFN3O2. The van der Waals surface area contributed by atoms with Crippen molar-refractivity contribution in [2.45, 2.75) is 45.2 Å². The molecule has 25 heavy (non-hydrogen) atoms. The van der Waals surface area contributed by atoms with Crippen LogP contribution in [0.3, 0.4) is 0 Å². The highest BCUT2D eigenvalue weighted by Crippen LogP contribution is 2.21. The first-order chi connectivity index (χ1) is 11.4. The fourth-order valence-corrected chi connectivity index (χ4v) is 3.00. The van der Waals surface area contributed by atoms with Gasteiger partial charge in [-0.3, -0.25) is 9.59 Å². The Morgan fingerprint density at radius 3 is 2.76 bits per heavy atom. The Bertz CT molecular complexity index is 597. The molecule has 1 unspecified atom stereocenters. The van der Waals surface area contributed by atoms with E-state index in [1.54, 1.807) is 11.0 Å². The van der Waals surface area contributed by atoms with Gasteiger partial charge < -0.3 is 16.0 Å². The summed E-state index contributed by atoms with van der Waals surface area (Å²) in [5.74, 6) is -0.664. The fourth-order valence-electron chi connectivity index (χ4n) is 3.00. The lowest BCUT2D eigenvalue weighted by Gasteiger charge is -2.25. The highest BCUT2D eigenvalue weighted by atomic mass is 35.5. The second kappa shape index (κ2) is 9.73. The van der Waals surface area contributed by atoms with Crippen LogP contribution in [0.1, 0.15) is 32.3 Å². The van der Waals surface area contributed by atoms with Gasteiger partial charge in [-0.2, -0.15) is 0 Å². The molecular weight excluding hydrogens is 345 g/mol. The van der Waals surface area contributed by atoms with Crippen LogP contribution in [0.2, 0.25) is 0 Å². The number of rotatable bonds is 6. The zero-order valence-electron chi connectivity index (χ0n) is 14.7. The van der Waals surface area contributed by atoms with Crippen molar-refractivity contribution in [3.05, 3.63) is 35.6 Å². The topological polar surface area (TPSA) is 75.4 Å². The average molecular weight is 372 g/mol. The van der Waals surface area contributed by atoms with Crippen LogP contribution < -0.4 is 11.1 Å². The average Bonchev–Trinajstić information content (AvgIpc) is 2.99. The van der Waals surface area contributed by atoms with E-state index < -0.39 is 6.04 Å². The molecule has 0 aromatic heterocycles. The van der Waals surface area contributed by atoms with Crippen LogP contribution in [-0.2, 0) is 16.0 Å². The van der Waals surface area contributed by atoms with Gasteiger partial charge in [0.25, 0.3) is 0 Å². The molecule has 1 saturated heterocycles. The third kappa shape index (κ3) is 5.97. The summed E-state index contributed by atoms with van der Waals surface area (Å²) in [5, 5.41) is 2.62. The third-order valence-electron chi connectivity index (χ3n) is 4.49. The first-order valence-electron chi connectivity index (χ1n) is 8.45. The van der Waals surface area contributed by atoms with Crippen LogP contribution in [0.4, 0.5) is 4.39 Å². The van der Waals surface area contributed by atoms with Gasteiger partial charge in [-0.25, -0.2) is 4.39 Å². The molecule has 0 radical (unpaired) electrons. The Morgan fingerprint density at radius 1 is 1.40 bits per heavy atom. The Hall–Kier alpha value is -1.66. The second-order valence-electron chi connectivity index (χ2n) is 6.70. The van der Waals surface area contributed by atoms with Gasteiger partial charge in [0.05, 0.1) is 12.6 Å². The Labute approximate surface area is 154 Å². The lowest BCUT2D eigenvalue weighted by molar-refractivity contribution is -0.134. The van der Waals surface area contributed by atoms with E-state index in [4.69, 9.17) is 5.73 Å². The smallest absolute Gasteiger partial charge is 0.242 e. The van der Waals surface area contributed by atoms with Gasteiger partial charge in [-0.05, 0) is 42.9 Å². The molecule has 1 aliphatic heterocycles. The Morgan fingerprint density at radius 2 is 2.12 bits per heavy atom. The minimum Gasteiger partial charge on any atom is -0.346 e. The number of likely N-dealkylation sites (tertiary alicyclic amines) is 1. The van der Waals surface area contributed by atoms with E-state index in [1.807, 2.05) is 19.9 Å². The predicted molar refractivity (Wildman–Crippen MR) is 97.9 cm³/mol. The van der Waals surface area contributed by atoms with Crippen molar-refractivity contribution in [2.75, 3.05) is 13.1 Å². The van der Waals surface area contributed by atoms with Gasteiger partial charge in [0.2, 0.25) is 11.8 Å². The van der Waals surface area contributed by atoms with Crippen LogP contribution in [0, 0.1) is 11.7 Å². The molecule has 0 spiro atoms. The van der Waals surface area contributed by atoms with E-state index in [-0.39, 0.29) is 48.5 Å². The number of nitrogens with two attached hydrogens (primary N) is 1. The molecule has 0 saturated carbocycles. The van der Waals surface area contributed by atoms with Gasteiger partial charge in [0, 0.05) is 12.6 Å². The molecule has 2 amide bonds. The number of nitrogens with one attached hydrogen (secondary N) is 1. The van der Waals surface area contributed by atoms with E-state index in [2.05, 4.69) is 5.32 Å². The summed E-state index contributed by atoms with van der Waals surface area (Å²) in [6, 6.07) is 5.90. The zero-order chi connectivity index (χ0) is 17.7. The minimum atomic E-state index is -0.612. The largest absolute Gasteiger partial charge is 0.346 e. The summed E-state index contributed by atoms with van der Waals surface area (Å²) in [5.41, 5.74) is 6.65. The summed E-state index contributed by atoms with van der Waals surface area (Å²) in [6.07, 6.45) is 2.44. The number of hydrogen-bond donors (Lipinski definition) is 2. The zero-order valence-corrected chi connectivity index (χ0v) is 15.5. The molecule has 1 aromatic rings. The van der Waals surface area contributed by atoms with Crippen molar-refractivity contribution in [1.29, 1.82) is 0 Å². The molecule has 5 nitrogen and oxygen atoms in total. The SMILES string of the molecule is CC(C)[C@H](N)C(=O)NCC(=O)N1CCCC1Cc1cccc(F)c1.Cl. The molecule has 0 aliphatic carbocycles. The minimum absolute atomic E-state index is 0. The van der Waals surface area contributed by atoms with E-state index in [0.29, 0.717) is 13.0 Å². The van der Waals surface area contributed by atoms with E-state index in [0.717, 1.165) is 18.4 Å². The van der Waals surface area contributed by atoms with Crippen LogP contribution in [0.15, 0.2) is 24.3 Å². The Kier molecular flexibility index (Phi) is 8.32. The normalized spacial score (nSPS) is 18.0. The van der Waals surface area contributed by atoms with Crippen molar-refractivity contribution >= 4 is 24.2 Å². The number of nitrogens with zero attached hydrogens (tertiary/aromatic N) is 1. The summed E-state index contributed by atoms with van der Waals surface area (Å²) >= 11 is 0. The number of carbonyl (C=O) groups excluding carboxylic acids is 2. The molecule has 0 bridgehead atoms. The quantitative estimate of drug-likeness (QED) is 0.801. The van der Waals surface area contributed by atoms with Gasteiger partial charge in [0.1, 0.15) is 5.82 Å². The number of carbonyl (C=O) groups is 2. The summed E-state index contributed by atoms with van der Waals surface area (Å²) in [4.78, 5) is 26.1. The van der Waals surface area contributed by atoms with Crippen LogP contribution in [-0.4, -0.2) is 41.9 Å². The van der Waals surface area contributed by atoms with Crippen molar-refractivity contribution in [3.8, 4) is 0 Å². The van der Waals surface area contributed by atoms with Crippen molar-refractivity contribution < 1.29 is 14.0 Å². The molecule has 7 heteroatoms. The van der Waals surface area contributed by atoms with E-state index >= 15 is 0 Å².